The number of rotatable bonds is 3. The van der Waals surface area contributed by atoms with Gasteiger partial charge in [0, 0.05) is 26.1 Å². The fourth-order valence-electron chi connectivity index (χ4n) is 3.26. The van der Waals surface area contributed by atoms with Gasteiger partial charge < -0.3 is 10.2 Å². The second-order valence-corrected chi connectivity index (χ2v) is 6.06. The number of hydrogen-bond acceptors (Lipinski definition) is 2. The maximum absolute atomic E-state index is 11.4. The van der Waals surface area contributed by atoms with Crippen molar-refractivity contribution in [2.24, 2.45) is 11.8 Å². The number of nitrogens with zero attached hydrogens (tertiary/aromatic N) is 1. The van der Waals surface area contributed by atoms with Gasteiger partial charge in [-0.25, -0.2) is 0 Å². The van der Waals surface area contributed by atoms with Gasteiger partial charge in [0.05, 0.1) is 0 Å². The minimum atomic E-state index is 0.300. The fraction of sp³-hybridized carbons (Fsp3) is 0.929. The van der Waals surface area contributed by atoms with Crippen molar-refractivity contribution in [2.45, 2.75) is 51.5 Å². The molecule has 0 bridgehead atoms. The lowest BCUT2D eigenvalue weighted by Crippen LogP contribution is -2.47. The second-order valence-electron chi connectivity index (χ2n) is 6.06. The van der Waals surface area contributed by atoms with Gasteiger partial charge in [-0.3, -0.25) is 4.79 Å². The molecule has 0 spiro atoms. The number of likely N-dealkylation sites (N-methyl/N-ethyl adjacent to an activating group) is 1. The first kappa shape index (κ1) is 12.9. The van der Waals surface area contributed by atoms with Gasteiger partial charge in [-0.2, -0.15) is 0 Å². The van der Waals surface area contributed by atoms with E-state index in [4.69, 9.17) is 0 Å². The van der Waals surface area contributed by atoms with Crippen molar-refractivity contribution in [2.75, 3.05) is 20.1 Å². The van der Waals surface area contributed by atoms with E-state index >= 15 is 0 Å². The number of amides is 1. The van der Waals surface area contributed by atoms with Gasteiger partial charge in [0.15, 0.2) is 0 Å². The maximum Gasteiger partial charge on any atom is 0.222 e. The smallest absolute Gasteiger partial charge is 0.222 e. The van der Waals surface area contributed by atoms with Crippen molar-refractivity contribution in [3.05, 3.63) is 0 Å². The van der Waals surface area contributed by atoms with Crippen LogP contribution in [0.3, 0.4) is 0 Å². The molecule has 3 unspecified atom stereocenters. The largest absolute Gasteiger partial charge is 0.344 e. The Morgan fingerprint density at radius 2 is 2.18 bits per heavy atom. The zero-order valence-electron chi connectivity index (χ0n) is 11.2. The van der Waals surface area contributed by atoms with E-state index in [0.29, 0.717) is 11.9 Å². The van der Waals surface area contributed by atoms with E-state index in [9.17, 15) is 4.79 Å². The van der Waals surface area contributed by atoms with Gasteiger partial charge in [0.2, 0.25) is 5.91 Å². The third-order valence-electron chi connectivity index (χ3n) is 4.37. The average molecular weight is 238 g/mol. The molecule has 1 aliphatic carbocycles. The number of carbonyl (C=O) groups excluding carboxylic acids is 1. The molecule has 2 fully saturated rings. The summed E-state index contributed by atoms with van der Waals surface area (Å²) < 4.78 is 0. The van der Waals surface area contributed by atoms with Crippen LogP contribution in [0.4, 0.5) is 0 Å². The second kappa shape index (κ2) is 5.85. The van der Waals surface area contributed by atoms with E-state index in [1.165, 1.54) is 25.7 Å². The Bertz CT molecular complexity index is 267. The first-order chi connectivity index (χ1) is 8.15. The van der Waals surface area contributed by atoms with E-state index in [1.807, 2.05) is 11.9 Å². The third-order valence-corrected chi connectivity index (χ3v) is 4.37. The van der Waals surface area contributed by atoms with Crippen LogP contribution < -0.4 is 5.32 Å². The van der Waals surface area contributed by atoms with Crippen molar-refractivity contribution in [1.82, 2.24) is 10.2 Å². The lowest BCUT2D eigenvalue weighted by molar-refractivity contribution is -0.132. The van der Waals surface area contributed by atoms with E-state index in [0.717, 1.165) is 37.8 Å². The lowest BCUT2D eigenvalue weighted by atomic mass is 9.82. The minimum Gasteiger partial charge on any atom is -0.344 e. The first-order valence-electron chi connectivity index (χ1n) is 7.12. The van der Waals surface area contributed by atoms with Crippen molar-refractivity contribution in [1.29, 1.82) is 0 Å². The molecule has 0 aromatic rings. The summed E-state index contributed by atoms with van der Waals surface area (Å²) in [7, 11) is 1.92. The van der Waals surface area contributed by atoms with Crippen LogP contribution >= 0.6 is 0 Å². The van der Waals surface area contributed by atoms with E-state index in [-0.39, 0.29) is 0 Å². The highest BCUT2D eigenvalue weighted by Gasteiger charge is 2.24. The first-order valence-corrected chi connectivity index (χ1v) is 7.12. The minimum absolute atomic E-state index is 0.300. The predicted octanol–water partition coefficient (Wildman–Crippen LogP) is 2.02. The Kier molecular flexibility index (Phi) is 4.43. The Labute approximate surface area is 105 Å². The molecule has 1 N–H and O–H groups in total. The fourth-order valence-corrected chi connectivity index (χ4v) is 3.26. The normalized spacial score (nSPS) is 35.1. The molecule has 3 nitrogen and oxygen atoms in total. The molecule has 0 radical (unpaired) electrons. The average Bonchev–Trinajstić information content (AvgIpc) is 2.31. The highest BCUT2D eigenvalue weighted by molar-refractivity contribution is 5.76. The predicted molar refractivity (Wildman–Crippen MR) is 69.8 cm³/mol. The molecule has 17 heavy (non-hydrogen) atoms. The highest BCUT2D eigenvalue weighted by atomic mass is 16.2. The van der Waals surface area contributed by atoms with Crippen LogP contribution in [0, 0.1) is 11.8 Å². The van der Waals surface area contributed by atoms with Crippen LogP contribution in [0.5, 0.6) is 0 Å². The summed E-state index contributed by atoms with van der Waals surface area (Å²) in [6.07, 6.45) is 7.32. The molecule has 3 atom stereocenters. The summed E-state index contributed by atoms with van der Waals surface area (Å²) in [5, 5.41) is 3.67. The van der Waals surface area contributed by atoms with Crippen LogP contribution in [0.25, 0.3) is 0 Å². The van der Waals surface area contributed by atoms with Crippen LogP contribution in [0.1, 0.15) is 45.4 Å². The van der Waals surface area contributed by atoms with Crippen molar-refractivity contribution >= 4 is 5.91 Å². The molecule has 2 rings (SSSR count). The monoisotopic (exact) mass is 238 g/mol. The van der Waals surface area contributed by atoms with Gasteiger partial charge in [-0.1, -0.05) is 19.8 Å². The highest BCUT2D eigenvalue weighted by Crippen LogP contribution is 2.28. The SMILES string of the molecule is CC1CCCC(CNC2CCC(=O)N(C)C2)C1. The summed E-state index contributed by atoms with van der Waals surface area (Å²) >= 11 is 0. The molecular formula is C14H26N2O. The Hall–Kier alpha value is -0.570. The van der Waals surface area contributed by atoms with Crippen molar-refractivity contribution < 1.29 is 4.79 Å². The lowest BCUT2D eigenvalue weighted by Gasteiger charge is -2.33. The molecule has 1 aliphatic heterocycles. The van der Waals surface area contributed by atoms with E-state index in [1.54, 1.807) is 0 Å². The van der Waals surface area contributed by atoms with Crippen LogP contribution in [0.15, 0.2) is 0 Å². The molecule has 98 valence electrons. The maximum atomic E-state index is 11.4. The van der Waals surface area contributed by atoms with E-state index in [2.05, 4.69) is 12.2 Å². The Morgan fingerprint density at radius 3 is 2.88 bits per heavy atom. The van der Waals surface area contributed by atoms with Crippen LogP contribution in [0.2, 0.25) is 0 Å². The topological polar surface area (TPSA) is 32.3 Å². The molecule has 1 amide bonds. The van der Waals surface area contributed by atoms with Crippen molar-refractivity contribution in [3.63, 3.8) is 0 Å². The van der Waals surface area contributed by atoms with Gasteiger partial charge in [0.1, 0.15) is 0 Å². The quantitative estimate of drug-likeness (QED) is 0.816. The third kappa shape index (κ3) is 3.70. The molecule has 0 aromatic carbocycles. The van der Waals surface area contributed by atoms with Gasteiger partial charge >= 0.3 is 0 Å². The summed E-state index contributed by atoms with van der Waals surface area (Å²) in [6.45, 7) is 4.41. The van der Waals surface area contributed by atoms with Crippen molar-refractivity contribution in [3.8, 4) is 0 Å². The molecule has 0 aromatic heterocycles. The van der Waals surface area contributed by atoms with Crippen LogP contribution in [-0.2, 0) is 4.79 Å². The zero-order chi connectivity index (χ0) is 12.3. The molecule has 1 heterocycles. The standard InChI is InChI=1S/C14H26N2O/c1-11-4-3-5-12(8-11)9-15-13-6-7-14(17)16(2)10-13/h11-13,15H,3-10H2,1-2H3. The molecular weight excluding hydrogens is 212 g/mol. The van der Waals surface area contributed by atoms with Gasteiger partial charge in [0.25, 0.3) is 0 Å². The van der Waals surface area contributed by atoms with Gasteiger partial charge in [-0.05, 0) is 37.6 Å². The van der Waals surface area contributed by atoms with Crippen LogP contribution in [-0.4, -0.2) is 37.0 Å². The van der Waals surface area contributed by atoms with E-state index < -0.39 is 0 Å². The zero-order valence-corrected chi connectivity index (χ0v) is 11.2. The molecule has 3 heteroatoms. The number of carbonyl (C=O) groups is 1. The van der Waals surface area contributed by atoms with Gasteiger partial charge in [-0.15, -0.1) is 0 Å². The molecule has 1 saturated carbocycles. The summed E-state index contributed by atoms with van der Waals surface area (Å²) in [5.41, 5.74) is 0. The summed E-state index contributed by atoms with van der Waals surface area (Å²) in [5.74, 6) is 2.07. The number of likely N-dealkylation sites (tertiary alicyclic amines) is 1. The Balaban J connectivity index is 1.69. The summed E-state index contributed by atoms with van der Waals surface area (Å²) in [6, 6.07) is 0.523. The summed E-state index contributed by atoms with van der Waals surface area (Å²) in [4.78, 5) is 13.3. The number of nitrogens with one attached hydrogen (secondary N) is 1. The number of hydrogen-bond donors (Lipinski definition) is 1. The number of piperidine rings is 1. The molecule has 1 saturated heterocycles. The Morgan fingerprint density at radius 1 is 1.35 bits per heavy atom. The molecule has 2 aliphatic rings.